The van der Waals surface area contributed by atoms with Crippen LogP contribution in [0.2, 0.25) is 0 Å². The Kier molecular flexibility index (Phi) is 4.57. The number of benzene rings is 2. The van der Waals surface area contributed by atoms with Crippen LogP contribution in [0.5, 0.6) is 0 Å². The van der Waals surface area contributed by atoms with E-state index in [2.05, 4.69) is 12.2 Å². The summed E-state index contributed by atoms with van der Waals surface area (Å²) in [5.74, 6) is 0.0571. The number of hydrogen-bond donors (Lipinski definition) is 1. The summed E-state index contributed by atoms with van der Waals surface area (Å²) in [6, 6.07) is 13.1. The van der Waals surface area contributed by atoms with E-state index in [4.69, 9.17) is 0 Å². The van der Waals surface area contributed by atoms with Gasteiger partial charge < -0.3 is 10.2 Å². The Morgan fingerprint density at radius 1 is 1.11 bits per heavy atom. The number of carbonyl (C=O) groups is 3. The Morgan fingerprint density at radius 3 is 2.50 bits per heavy atom. The number of piperidine rings is 1. The van der Waals surface area contributed by atoms with Crippen LogP contribution >= 0.6 is 0 Å². The normalized spacial score (nSPS) is 23.4. The number of imide groups is 1. The summed E-state index contributed by atoms with van der Waals surface area (Å²) < 4.78 is 0. The molecule has 2 aromatic carbocycles. The van der Waals surface area contributed by atoms with Crippen molar-refractivity contribution in [1.82, 2.24) is 15.1 Å². The molecular formula is C22H25N3O3. The quantitative estimate of drug-likeness (QED) is 0.834. The number of rotatable bonds is 3. The Hall–Kier alpha value is -2.89. The molecule has 2 heterocycles. The summed E-state index contributed by atoms with van der Waals surface area (Å²) in [6.45, 7) is 5.04. The van der Waals surface area contributed by atoms with E-state index in [0.717, 1.165) is 28.5 Å². The molecule has 0 unspecified atom stereocenters. The molecule has 28 heavy (non-hydrogen) atoms. The summed E-state index contributed by atoms with van der Waals surface area (Å²) in [5.41, 5.74) is -0.455. The second-order valence-electron chi connectivity index (χ2n) is 8.07. The van der Waals surface area contributed by atoms with E-state index in [1.807, 2.05) is 42.5 Å². The summed E-state index contributed by atoms with van der Waals surface area (Å²) in [4.78, 5) is 41.1. The lowest BCUT2D eigenvalue weighted by molar-refractivity contribution is -0.139. The zero-order chi connectivity index (χ0) is 19.9. The molecule has 0 spiro atoms. The van der Waals surface area contributed by atoms with E-state index in [1.165, 1.54) is 0 Å². The van der Waals surface area contributed by atoms with Gasteiger partial charge in [0.2, 0.25) is 5.91 Å². The molecule has 1 N–H and O–H groups in total. The fourth-order valence-electron chi connectivity index (χ4n) is 4.03. The smallest absolute Gasteiger partial charge is 0.325 e. The predicted molar refractivity (Wildman–Crippen MR) is 107 cm³/mol. The van der Waals surface area contributed by atoms with Gasteiger partial charge in [0.1, 0.15) is 12.1 Å². The molecule has 0 saturated carbocycles. The molecule has 0 aromatic heterocycles. The summed E-state index contributed by atoms with van der Waals surface area (Å²) in [7, 11) is 0. The lowest BCUT2D eigenvalue weighted by atomic mass is 9.90. The van der Waals surface area contributed by atoms with Crippen molar-refractivity contribution in [3.63, 3.8) is 0 Å². The number of nitrogens with zero attached hydrogens (tertiary/aromatic N) is 2. The van der Waals surface area contributed by atoms with Gasteiger partial charge in [0.25, 0.3) is 5.91 Å². The van der Waals surface area contributed by atoms with Crippen LogP contribution in [0.25, 0.3) is 10.8 Å². The molecule has 2 aromatic rings. The van der Waals surface area contributed by atoms with E-state index < -0.39 is 11.6 Å². The first kappa shape index (κ1) is 18.5. The number of fused-ring (bicyclic) bond motifs is 1. The molecule has 2 aliphatic heterocycles. The summed E-state index contributed by atoms with van der Waals surface area (Å²) in [5, 5.41) is 4.86. The summed E-state index contributed by atoms with van der Waals surface area (Å²) >= 11 is 0. The van der Waals surface area contributed by atoms with Gasteiger partial charge in [0.15, 0.2) is 0 Å². The number of likely N-dealkylation sites (tertiary alicyclic amines) is 1. The van der Waals surface area contributed by atoms with Crippen LogP contribution in [0.3, 0.4) is 0 Å². The van der Waals surface area contributed by atoms with Gasteiger partial charge in [-0.05, 0) is 48.1 Å². The maximum Gasteiger partial charge on any atom is 0.325 e. The van der Waals surface area contributed by atoms with Crippen LogP contribution in [-0.4, -0.2) is 47.3 Å². The molecule has 2 saturated heterocycles. The van der Waals surface area contributed by atoms with E-state index in [-0.39, 0.29) is 18.4 Å². The third-order valence-electron chi connectivity index (χ3n) is 6.03. The Morgan fingerprint density at radius 2 is 1.79 bits per heavy atom. The van der Waals surface area contributed by atoms with Gasteiger partial charge in [-0.1, -0.05) is 43.3 Å². The minimum Gasteiger partial charge on any atom is -0.341 e. The molecular weight excluding hydrogens is 354 g/mol. The van der Waals surface area contributed by atoms with Crippen molar-refractivity contribution in [1.29, 1.82) is 0 Å². The molecule has 2 fully saturated rings. The number of urea groups is 1. The Labute approximate surface area is 164 Å². The van der Waals surface area contributed by atoms with Crippen LogP contribution < -0.4 is 5.32 Å². The maximum atomic E-state index is 13.1. The SMILES string of the molecule is CC1CCN(C(=O)CN2C(=O)N[C@@](C)(c3ccc4ccccc4c3)C2=O)CC1. The Bertz CT molecular complexity index is 949. The third kappa shape index (κ3) is 3.13. The van der Waals surface area contributed by atoms with Gasteiger partial charge in [-0.2, -0.15) is 0 Å². The highest BCUT2D eigenvalue weighted by atomic mass is 16.2. The molecule has 4 rings (SSSR count). The zero-order valence-electron chi connectivity index (χ0n) is 16.3. The predicted octanol–water partition coefficient (Wildman–Crippen LogP) is 2.87. The van der Waals surface area contributed by atoms with Crippen LogP contribution in [0.1, 0.15) is 32.3 Å². The molecule has 146 valence electrons. The van der Waals surface area contributed by atoms with Gasteiger partial charge in [-0.25, -0.2) is 4.79 Å². The molecule has 0 aliphatic carbocycles. The lowest BCUT2D eigenvalue weighted by Gasteiger charge is -2.31. The van der Waals surface area contributed by atoms with Crippen molar-refractivity contribution >= 4 is 28.6 Å². The standard InChI is InChI=1S/C22H25N3O3/c1-15-9-11-24(12-10-15)19(26)14-25-20(27)22(2,23-21(25)28)18-8-7-16-5-3-4-6-17(16)13-18/h3-8,13,15H,9-12,14H2,1-2H3,(H,23,28)/t22-/m0/s1. The van der Waals surface area contributed by atoms with Gasteiger partial charge in [0.05, 0.1) is 0 Å². The van der Waals surface area contributed by atoms with Gasteiger partial charge >= 0.3 is 6.03 Å². The van der Waals surface area contributed by atoms with Crippen LogP contribution in [0.15, 0.2) is 42.5 Å². The third-order valence-corrected chi connectivity index (χ3v) is 6.03. The van der Waals surface area contributed by atoms with E-state index >= 15 is 0 Å². The lowest BCUT2D eigenvalue weighted by Crippen LogP contribution is -2.46. The maximum absolute atomic E-state index is 13.1. The average molecular weight is 379 g/mol. The van der Waals surface area contributed by atoms with E-state index in [1.54, 1.807) is 11.8 Å². The van der Waals surface area contributed by atoms with Crippen molar-refractivity contribution in [3.05, 3.63) is 48.0 Å². The minimum atomic E-state index is -1.17. The van der Waals surface area contributed by atoms with Crippen LogP contribution in [-0.2, 0) is 15.1 Å². The fraction of sp³-hybridized carbons (Fsp3) is 0.409. The molecule has 6 heteroatoms. The zero-order valence-corrected chi connectivity index (χ0v) is 16.3. The van der Waals surface area contributed by atoms with Crippen molar-refractivity contribution in [2.75, 3.05) is 19.6 Å². The van der Waals surface area contributed by atoms with Crippen molar-refractivity contribution < 1.29 is 14.4 Å². The number of carbonyl (C=O) groups excluding carboxylic acids is 3. The highest BCUT2D eigenvalue weighted by molar-refractivity contribution is 6.09. The molecule has 1 atom stereocenters. The molecule has 0 bridgehead atoms. The largest absolute Gasteiger partial charge is 0.341 e. The second-order valence-corrected chi connectivity index (χ2v) is 8.07. The molecule has 2 aliphatic rings. The van der Waals surface area contributed by atoms with E-state index in [0.29, 0.717) is 24.6 Å². The Balaban J connectivity index is 1.54. The van der Waals surface area contributed by atoms with Crippen molar-refractivity contribution in [2.45, 2.75) is 32.2 Å². The second kappa shape index (κ2) is 6.93. The highest BCUT2D eigenvalue weighted by Gasteiger charge is 2.49. The van der Waals surface area contributed by atoms with Crippen LogP contribution in [0, 0.1) is 5.92 Å². The first-order valence-electron chi connectivity index (χ1n) is 9.79. The first-order valence-corrected chi connectivity index (χ1v) is 9.79. The van der Waals surface area contributed by atoms with Crippen molar-refractivity contribution in [3.8, 4) is 0 Å². The van der Waals surface area contributed by atoms with Gasteiger partial charge in [-0.3, -0.25) is 14.5 Å². The fourth-order valence-corrected chi connectivity index (χ4v) is 4.03. The number of nitrogens with one attached hydrogen (secondary N) is 1. The van der Waals surface area contributed by atoms with E-state index in [9.17, 15) is 14.4 Å². The average Bonchev–Trinajstić information content (AvgIpc) is 2.92. The number of amides is 4. The summed E-state index contributed by atoms with van der Waals surface area (Å²) in [6.07, 6.45) is 1.92. The topological polar surface area (TPSA) is 69.7 Å². The number of hydrogen-bond acceptors (Lipinski definition) is 3. The van der Waals surface area contributed by atoms with Gasteiger partial charge in [-0.15, -0.1) is 0 Å². The van der Waals surface area contributed by atoms with Gasteiger partial charge in [0, 0.05) is 13.1 Å². The molecule has 0 radical (unpaired) electrons. The molecule has 6 nitrogen and oxygen atoms in total. The monoisotopic (exact) mass is 379 g/mol. The minimum absolute atomic E-state index is 0.168. The highest BCUT2D eigenvalue weighted by Crippen LogP contribution is 2.31. The van der Waals surface area contributed by atoms with Crippen molar-refractivity contribution in [2.24, 2.45) is 5.92 Å². The molecule has 4 amide bonds. The first-order chi connectivity index (χ1) is 13.4. The van der Waals surface area contributed by atoms with Crippen LogP contribution in [0.4, 0.5) is 4.79 Å².